The van der Waals surface area contributed by atoms with Gasteiger partial charge >= 0.3 is 0 Å². The van der Waals surface area contributed by atoms with Gasteiger partial charge in [0.1, 0.15) is 17.5 Å². The highest BCUT2D eigenvalue weighted by Crippen LogP contribution is 2.49. The van der Waals surface area contributed by atoms with Gasteiger partial charge in [0.05, 0.1) is 51.0 Å². The van der Waals surface area contributed by atoms with E-state index >= 15 is 0 Å². The topological polar surface area (TPSA) is 76.2 Å². The molecule has 0 aromatic heterocycles. The molecule has 0 unspecified atom stereocenters. The summed E-state index contributed by atoms with van der Waals surface area (Å²) in [4.78, 5) is 43.1. The average Bonchev–Trinajstić information content (AvgIpc) is 3.15. The molecule has 1 saturated heterocycles. The second kappa shape index (κ2) is 9.72. The maximum atomic E-state index is 13.6. The van der Waals surface area contributed by atoms with Gasteiger partial charge in [-0.05, 0) is 36.8 Å². The van der Waals surface area contributed by atoms with Gasteiger partial charge in [0.15, 0.2) is 0 Å². The van der Waals surface area contributed by atoms with E-state index in [0.29, 0.717) is 29.4 Å². The average molecular weight is 580 g/mol. The number of hydrogen-bond acceptors (Lipinski definition) is 5. The van der Waals surface area contributed by atoms with E-state index in [0.717, 1.165) is 4.90 Å². The van der Waals surface area contributed by atoms with Gasteiger partial charge in [0, 0.05) is 11.8 Å². The molecule has 5 rings (SSSR count). The van der Waals surface area contributed by atoms with Crippen LogP contribution in [0.3, 0.4) is 0 Å². The van der Waals surface area contributed by atoms with Gasteiger partial charge in [-0.1, -0.05) is 64.6 Å². The number of methoxy groups -OCH3 is 1. The molecule has 7 nitrogen and oxygen atoms in total. The summed E-state index contributed by atoms with van der Waals surface area (Å²) in [5.41, 5.74) is 0.868. The number of carbonyl (C=O) groups excluding carboxylic acids is 3. The number of amides is 3. The molecular weight excluding hydrogens is 562 g/mol. The number of nitrogens with zero attached hydrogens (tertiary/aromatic N) is 2. The minimum Gasteiger partial charge on any atom is -0.497 e. The maximum absolute atomic E-state index is 13.6. The van der Waals surface area contributed by atoms with Crippen molar-refractivity contribution in [1.29, 1.82) is 0 Å². The van der Waals surface area contributed by atoms with Gasteiger partial charge in [0.25, 0.3) is 17.7 Å². The van der Waals surface area contributed by atoms with E-state index in [2.05, 4.69) is 0 Å². The van der Waals surface area contributed by atoms with Crippen LogP contribution in [0.15, 0.2) is 48.5 Å². The smallest absolute Gasteiger partial charge is 0.264 e. The van der Waals surface area contributed by atoms with Crippen LogP contribution in [0.2, 0.25) is 20.1 Å². The largest absolute Gasteiger partial charge is 0.497 e. The molecule has 0 bridgehead atoms. The van der Waals surface area contributed by atoms with E-state index in [1.54, 1.807) is 48.5 Å². The van der Waals surface area contributed by atoms with Crippen molar-refractivity contribution in [3.63, 3.8) is 0 Å². The molecule has 2 atom stereocenters. The lowest BCUT2D eigenvalue weighted by Gasteiger charge is -2.49. The van der Waals surface area contributed by atoms with Crippen LogP contribution in [0.25, 0.3) is 0 Å². The molecular formula is C26H18Cl4N2O5. The molecule has 0 radical (unpaired) electrons. The molecule has 190 valence electrons. The zero-order chi connectivity index (χ0) is 26.6. The summed E-state index contributed by atoms with van der Waals surface area (Å²) in [5.74, 6) is -0.825. The van der Waals surface area contributed by atoms with Crippen molar-refractivity contribution in [3.8, 4) is 11.5 Å². The number of ether oxygens (including phenoxy) is 2. The predicted octanol–water partition coefficient (Wildman–Crippen LogP) is 6.46. The van der Waals surface area contributed by atoms with E-state index in [1.165, 1.54) is 12.0 Å². The number of carbonyl (C=O) groups is 3. The molecule has 37 heavy (non-hydrogen) atoms. The third kappa shape index (κ3) is 3.92. The van der Waals surface area contributed by atoms with Crippen LogP contribution in [-0.2, 0) is 4.79 Å². The zero-order valence-electron chi connectivity index (χ0n) is 19.4. The summed E-state index contributed by atoms with van der Waals surface area (Å²) >= 11 is 24.9. The highest BCUT2D eigenvalue weighted by atomic mass is 35.5. The Labute approximate surface area is 232 Å². The van der Waals surface area contributed by atoms with E-state index in [9.17, 15) is 14.4 Å². The molecule has 2 aliphatic rings. The fourth-order valence-corrected chi connectivity index (χ4v) is 5.67. The Kier molecular flexibility index (Phi) is 6.75. The van der Waals surface area contributed by atoms with Crippen LogP contribution in [0.4, 0.5) is 5.69 Å². The van der Waals surface area contributed by atoms with Gasteiger partial charge in [-0.2, -0.15) is 0 Å². The second-order valence-corrected chi connectivity index (χ2v) is 9.80. The number of fused-ring (bicyclic) bond motifs is 1. The Bertz CT molecular complexity index is 1410. The Hall–Kier alpha value is -2.97. The number of halogens is 4. The lowest BCUT2D eigenvalue weighted by molar-refractivity contribution is -0.130. The van der Waals surface area contributed by atoms with Gasteiger partial charge < -0.3 is 14.4 Å². The first kappa shape index (κ1) is 25.7. The lowest BCUT2D eigenvalue weighted by Crippen LogP contribution is -2.67. The van der Waals surface area contributed by atoms with Crippen molar-refractivity contribution in [3.05, 3.63) is 85.3 Å². The second-order valence-electron chi connectivity index (χ2n) is 8.29. The summed E-state index contributed by atoms with van der Waals surface area (Å²) in [6, 6.07) is 12.2. The molecule has 0 saturated carbocycles. The van der Waals surface area contributed by atoms with Crippen molar-refractivity contribution in [1.82, 2.24) is 4.90 Å². The summed E-state index contributed by atoms with van der Waals surface area (Å²) in [7, 11) is 1.52. The molecule has 0 N–H and O–H groups in total. The van der Waals surface area contributed by atoms with Crippen molar-refractivity contribution < 1.29 is 23.9 Å². The van der Waals surface area contributed by atoms with Crippen LogP contribution in [0, 0.1) is 0 Å². The quantitative estimate of drug-likeness (QED) is 0.145. The molecule has 3 aromatic rings. The maximum Gasteiger partial charge on any atom is 0.264 e. The Morgan fingerprint density at radius 1 is 0.757 bits per heavy atom. The zero-order valence-corrected chi connectivity index (χ0v) is 22.5. The molecule has 2 heterocycles. The Morgan fingerprint density at radius 2 is 1.35 bits per heavy atom. The van der Waals surface area contributed by atoms with Crippen molar-refractivity contribution >= 4 is 69.8 Å². The fraction of sp³-hybridized carbons (Fsp3) is 0.192. The first-order valence-electron chi connectivity index (χ1n) is 11.1. The number of hydrogen-bond donors (Lipinski definition) is 0. The number of β-lactam (4-membered cyclic amide) rings is 1. The monoisotopic (exact) mass is 578 g/mol. The van der Waals surface area contributed by atoms with E-state index in [-0.39, 0.29) is 31.2 Å². The Balaban J connectivity index is 1.61. The molecule has 2 aliphatic heterocycles. The van der Waals surface area contributed by atoms with Crippen LogP contribution < -0.4 is 14.4 Å². The third-order valence-corrected chi connectivity index (χ3v) is 8.14. The van der Waals surface area contributed by atoms with Crippen LogP contribution in [-0.4, -0.2) is 42.4 Å². The van der Waals surface area contributed by atoms with Crippen LogP contribution >= 0.6 is 46.4 Å². The first-order chi connectivity index (χ1) is 17.7. The number of rotatable bonds is 6. The molecule has 3 aromatic carbocycles. The summed E-state index contributed by atoms with van der Waals surface area (Å²) in [6.45, 7) is 2.36. The standard InChI is InChI=1S/C26H18Cl4N2O5/c1-3-37-14-9-7-12(8-10-14)22-23(26(35)31(22)13-5-4-6-15(11-13)36-2)32-24(33)16-17(25(32)34)19(28)21(30)20(29)18(16)27/h4-11,22-23H,3H2,1-2H3/t22-,23-/m1/s1. The van der Waals surface area contributed by atoms with Gasteiger partial charge in [0.2, 0.25) is 0 Å². The number of imide groups is 1. The summed E-state index contributed by atoms with van der Waals surface area (Å²) in [6.07, 6.45) is 0. The fourth-order valence-electron chi connectivity index (χ4n) is 4.65. The summed E-state index contributed by atoms with van der Waals surface area (Å²) < 4.78 is 10.9. The number of anilines is 1. The minimum atomic E-state index is -1.17. The van der Waals surface area contributed by atoms with Gasteiger partial charge in [-0.25, -0.2) is 0 Å². The molecule has 11 heteroatoms. The first-order valence-corrected chi connectivity index (χ1v) is 12.7. The summed E-state index contributed by atoms with van der Waals surface area (Å²) in [5, 5.41) is -0.672. The van der Waals surface area contributed by atoms with E-state index in [1.807, 2.05) is 6.92 Å². The van der Waals surface area contributed by atoms with E-state index < -0.39 is 29.8 Å². The van der Waals surface area contributed by atoms with Crippen molar-refractivity contribution in [2.75, 3.05) is 18.6 Å². The molecule has 1 fully saturated rings. The van der Waals surface area contributed by atoms with Crippen LogP contribution in [0.5, 0.6) is 11.5 Å². The van der Waals surface area contributed by atoms with Gasteiger partial charge in [-0.3, -0.25) is 19.3 Å². The molecule has 0 spiro atoms. The highest BCUT2D eigenvalue weighted by Gasteiger charge is 2.58. The normalized spacial score (nSPS) is 18.7. The Morgan fingerprint density at radius 3 is 1.89 bits per heavy atom. The third-order valence-electron chi connectivity index (χ3n) is 6.34. The van der Waals surface area contributed by atoms with E-state index in [4.69, 9.17) is 55.9 Å². The highest BCUT2D eigenvalue weighted by molar-refractivity contribution is 6.55. The minimum absolute atomic E-state index is 0.143. The SMILES string of the molecule is CCOc1ccc([C@@H]2[C@@H](N3C(=O)c4c(Cl)c(Cl)c(Cl)c(Cl)c4C3=O)C(=O)N2c2cccc(OC)c2)cc1. The molecule has 3 amide bonds. The molecule has 0 aliphatic carbocycles. The van der Waals surface area contributed by atoms with Crippen LogP contribution in [0.1, 0.15) is 39.2 Å². The van der Waals surface area contributed by atoms with Crippen molar-refractivity contribution in [2.24, 2.45) is 0 Å². The van der Waals surface area contributed by atoms with Gasteiger partial charge in [-0.15, -0.1) is 0 Å². The van der Waals surface area contributed by atoms with Crippen molar-refractivity contribution in [2.45, 2.75) is 19.0 Å². The lowest BCUT2D eigenvalue weighted by atomic mass is 9.86. The predicted molar refractivity (Wildman–Crippen MR) is 142 cm³/mol. The number of benzene rings is 3.